The standard InChI is InChI=1S/C13H18N2O3S/c16-13-10-19(17,18)9-12(13)15-7-6-14-8-11-4-2-1-3-5-11/h1-5,8,12-13,15-16H,6-7,9-10H2/t12-,13-/m0/s1. The Morgan fingerprint density at radius 2 is 2.05 bits per heavy atom. The van der Waals surface area contributed by atoms with Crippen LogP contribution in [0.4, 0.5) is 0 Å². The lowest BCUT2D eigenvalue weighted by atomic mass is 10.2. The number of rotatable bonds is 5. The molecule has 0 radical (unpaired) electrons. The van der Waals surface area contributed by atoms with Crippen LogP contribution in [0.2, 0.25) is 0 Å². The highest BCUT2D eigenvalue weighted by Crippen LogP contribution is 2.11. The van der Waals surface area contributed by atoms with Crippen LogP contribution in [-0.4, -0.2) is 56.5 Å². The van der Waals surface area contributed by atoms with E-state index in [0.29, 0.717) is 13.1 Å². The molecule has 6 heteroatoms. The molecule has 1 aliphatic rings. The van der Waals surface area contributed by atoms with Crippen molar-refractivity contribution in [3.05, 3.63) is 35.9 Å². The zero-order valence-electron chi connectivity index (χ0n) is 10.6. The molecule has 0 aliphatic carbocycles. The SMILES string of the molecule is O=S1(=O)C[C@H](NCCN=Cc2ccccc2)[C@@H](O)C1. The fourth-order valence-corrected chi connectivity index (χ4v) is 3.82. The van der Waals surface area contributed by atoms with E-state index in [-0.39, 0.29) is 17.5 Å². The van der Waals surface area contributed by atoms with Gasteiger partial charge in [0.1, 0.15) is 0 Å². The highest BCUT2D eigenvalue weighted by atomic mass is 32.2. The maximum Gasteiger partial charge on any atom is 0.154 e. The van der Waals surface area contributed by atoms with Crippen LogP contribution >= 0.6 is 0 Å². The van der Waals surface area contributed by atoms with E-state index in [4.69, 9.17) is 0 Å². The quantitative estimate of drug-likeness (QED) is 0.582. The zero-order valence-corrected chi connectivity index (χ0v) is 11.4. The second-order valence-corrected chi connectivity index (χ2v) is 6.80. The molecular weight excluding hydrogens is 264 g/mol. The van der Waals surface area contributed by atoms with Crippen molar-refractivity contribution in [3.63, 3.8) is 0 Å². The van der Waals surface area contributed by atoms with Crippen LogP contribution in [0.5, 0.6) is 0 Å². The molecule has 2 rings (SSSR count). The van der Waals surface area contributed by atoms with Crippen molar-refractivity contribution in [2.45, 2.75) is 12.1 Å². The third-order valence-electron chi connectivity index (χ3n) is 3.01. The molecule has 1 saturated heterocycles. The van der Waals surface area contributed by atoms with E-state index < -0.39 is 15.9 Å². The van der Waals surface area contributed by atoms with E-state index in [1.807, 2.05) is 30.3 Å². The number of hydrogen-bond donors (Lipinski definition) is 2. The van der Waals surface area contributed by atoms with E-state index in [0.717, 1.165) is 5.56 Å². The predicted molar refractivity (Wildman–Crippen MR) is 75.4 cm³/mol. The van der Waals surface area contributed by atoms with E-state index in [9.17, 15) is 13.5 Å². The van der Waals surface area contributed by atoms with E-state index >= 15 is 0 Å². The van der Waals surface area contributed by atoms with Gasteiger partial charge in [0, 0.05) is 18.8 Å². The van der Waals surface area contributed by atoms with Crippen molar-refractivity contribution >= 4 is 16.1 Å². The van der Waals surface area contributed by atoms with Crippen LogP contribution in [0.1, 0.15) is 5.56 Å². The van der Waals surface area contributed by atoms with Gasteiger partial charge >= 0.3 is 0 Å². The van der Waals surface area contributed by atoms with Gasteiger partial charge in [0.15, 0.2) is 9.84 Å². The fraction of sp³-hybridized carbons (Fsp3) is 0.462. The Morgan fingerprint density at radius 3 is 2.68 bits per heavy atom. The lowest BCUT2D eigenvalue weighted by molar-refractivity contribution is 0.167. The minimum atomic E-state index is -3.08. The normalized spacial score (nSPS) is 25.9. The Kier molecular flexibility index (Phi) is 4.68. The van der Waals surface area contributed by atoms with Gasteiger partial charge in [0.25, 0.3) is 0 Å². The largest absolute Gasteiger partial charge is 0.390 e. The molecule has 0 spiro atoms. The Labute approximate surface area is 113 Å². The molecular formula is C13H18N2O3S. The van der Waals surface area contributed by atoms with Crippen LogP contribution in [0.25, 0.3) is 0 Å². The number of aliphatic imine (C=N–C) groups is 1. The smallest absolute Gasteiger partial charge is 0.154 e. The molecule has 5 nitrogen and oxygen atoms in total. The first-order valence-corrected chi connectivity index (χ1v) is 8.06. The summed E-state index contributed by atoms with van der Waals surface area (Å²) in [6.07, 6.45) is 0.979. The second kappa shape index (κ2) is 6.27. The Hall–Kier alpha value is -1.24. The summed E-state index contributed by atoms with van der Waals surface area (Å²) in [7, 11) is -3.08. The average Bonchev–Trinajstić information content (AvgIpc) is 2.63. The maximum absolute atomic E-state index is 11.3. The first kappa shape index (κ1) is 14.2. The van der Waals surface area contributed by atoms with Crippen molar-refractivity contribution in [1.82, 2.24) is 5.32 Å². The highest BCUT2D eigenvalue weighted by Gasteiger charge is 2.35. The molecule has 0 bridgehead atoms. The molecule has 0 aromatic heterocycles. The molecule has 0 amide bonds. The van der Waals surface area contributed by atoms with E-state index in [1.54, 1.807) is 6.21 Å². The van der Waals surface area contributed by atoms with Crippen molar-refractivity contribution in [2.24, 2.45) is 4.99 Å². The molecule has 104 valence electrons. The van der Waals surface area contributed by atoms with Crippen molar-refractivity contribution < 1.29 is 13.5 Å². The van der Waals surface area contributed by atoms with Crippen molar-refractivity contribution in [2.75, 3.05) is 24.6 Å². The van der Waals surface area contributed by atoms with Gasteiger partial charge in [-0.05, 0) is 5.56 Å². The molecule has 1 aromatic carbocycles. The summed E-state index contributed by atoms with van der Waals surface area (Å²) in [6.45, 7) is 1.11. The van der Waals surface area contributed by atoms with Gasteiger partial charge in [-0.3, -0.25) is 4.99 Å². The number of aliphatic hydroxyl groups excluding tert-OH is 1. The number of benzene rings is 1. The third kappa shape index (κ3) is 4.41. The molecule has 2 atom stereocenters. The average molecular weight is 282 g/mol. The van der Waals surface area contributed by atoms with Crippen LogP contribution in [0, 0.1) is 0 Å². The Balaban J connectivity index is 1.72. The van der Waals surface area contributed by atoms with Gasteiger partial charge in [0.2, 0.25) is 0 Å². The van der Waals surface area contributed by atoms with Gasteiger partial charge in [-0.2, -0.15) is 0 Å². The van der Waals surface area contributed by atoms with E-state index in [2.05, 4.69) is 10.3 Å². The first-order chi connectivity index (χ1) is 9.07. The van der Waals surface area contributed by atoms with Crippen LogP contribution in [0.3, 0.4) is 0 Å². The van der Waals surface area contributed by atoms with Crippen LogP contribution in [-0.2, 0) is 9.84 Å². The fourth-order valence-electron chi connectivity index (χ4n) is 2.05. The minimum Gasteiger partial charge on any atom is -0.390 e. The first-order valence-electron chi connectivity index (χ1n) is 6.23. The van der Waals surface area contributed by atoms with Gasteiger partial charge in [0.05, 0.1) is 24.2 Å². The molecule has 2 N–H and O–H groups in total. The maximum atomic E-state index is 11.3. The zero-order chi connectivity index (χ0) is 13.7. The number of hydrogen-bond acceptors (Lipinski definition) is 5. The summed E-state index contributed by atoms with van der Waals surface area (Å²) in [5, 5.41) is 12.6. The lowest BCUT2D eigenvalue weighted by Crippen LogP contribution is -2.40. The summed E-state index contributed by atoms with van der Waals surface area (Å²) in [4.78, 5) is 4.25. The Bertz CT molecular complexity index is 528. The van der Waals surface area contributed by atoms with Crippen molar-refractivity contribution in [3.8, 4) is 0 Å². The number of aliphatic hydroxyl groups is 1. The van der Waals surface area contributed by atoms with Crippen LogP contribution in [0.15, 0.2) is 35.3 Å². The molecule has 1 heterocycles. The van der Waals surface area contributed by atoms with Gasteiger partial charge < -0.3 is 10.4 Å². The highest BCUT2D eigenvalue weighted by molar-refractivity contribution is 7.91. The third-order valence-corrected chi connectivity index (χ3v) is 4.73. The molecule has 19 heavy (non-hydrogen) atoms. The molecule has 0 unspecified atom stereocenters. The topological polar surface area (TPSA) is 78.8 Å². The molecule has 1 fully saturated rings. The number of nitrogens with one attached hydrogen (secondary N) is 1. The predicted octanol–water partition coefficient (Wildman–Crippen LogP) is -0.147. The van der Waals surface area contributed by atoms with Gasteiger partial charge in [-0.25, -0.2) is 8.42 Å². The second-order valence-electron chi connectivity index (χ2n) is 4.65. The number of sulfone groups is 1. The van der Waals surface area contributed by atoms with Crippen LogP contribution < -0.4 is 5.32 Å². The van der Waals surface area contributed by atoms with Gasteiger partial charge in [-0.15, -0.1) is 0 Å². The van der Waals surface area contributed by atoms with Crippen molar-refractivity contribution in [1.29, 1.82) is 0 Å². The van der Waals surface area contributed by atoms with Gasteiger partial charge in [-0.1, -0.05) is 30.3 Å². The summed E-state index contributed by atoms with van der Waals surface area (Å²) in [5.41, 5.74) is 1.03. The minimum absolute atomic E-state index is 0.0105. The van der Waals surface area contributed by atoms with E-state index in [1.165, 1.54) is 0 Å². The summed E-state index contributed by atoms with van der Waals surface area (Å²) < 4.78 is 22.6. The monoisotopic (exact) mass is 282 g/mol. The summed E-state index contributed by atoms with van der Waals surface area (Å²) >= 11 is 0. The molecule has 1 aliphatic heterocycles. The molecule has 0 saturated carbocycles. The lowest BCUT2D eigenvalue weighted by Gasteiger charge is -2.13. The molecule has 1 aromatic rings. The summed E-state index contributed by atoms with van der Waals surface area (Å²) in [6, 6.07) is 9.39. The number of nitrogens with zero attached hydrogens (tertiary/aromatic N) is 1. The summed E-state index contributed by atoms with van der Waals surface area (Å²) in [5.74, 6) is -0.130. The Morgan fingerprint density at radius 1 is 1.32 bits per heavy atom.